The van der Waals surface area contributed by atoms with Gasteiger partial charge in [0.05, 0.1) is 30.5 Å². The predicted molar refractivity (Wildman–Crippen MR) is 150 cm³/mol. The van der Waals surface area contributed by atoms with Crippen LogP contribution in [0, 0.1) is 29.3 Å². The fourth-order valence-electron chi connectivity index (χ4n) is 4.79. The van der Waals surface area contributed by atoms with Crippen molar-refractivity contribution in [1.29, 1.82) is 5.26 Å². The molecular formula is C29H36N6O6. The number of nitriles is 1. The second kappa shape index (κ2) is 21.3. The molecule has 2 rings (SSSR count). The van der Waals surface area contributed by atoms with E-state index in [0.717, 1.165) is 50.5 Å². The maximum Gasteiger partial charge on any atom is 0.286 e. The van der Waals surface area contributed by atoms with Crippen LogP contribution in [-0.2, 0) is 28.7 Å². The monoisotopic (exact) mass is 564 g/mol. The number of benzene rings is 1. The lowest BCUT2D eigenvalue weighted by atomic mass is 9.63. The Morgan fingerprint density at radius 1 is 0.878 bits per heavy atom. The summed E-state index contributed by atoms with van der Waals surface area (Å²) in [5.41, 5.74) is 1.77. The summed E-state index contributed by atoms with van der Waals surface area (Å²) in [6, 6.07) is 4.88. The fourth-order valence-corrected chi connectivity index (χ4v) is 4.79. The third-order valence-electron chi connectivity index (χ3n) is 6.11. The Morgan fingerprint density at radius 3 is 2.17 bits per heavy atom. The average molecular weight is 565 g/mol. The Kier molecular flexibility index (Phi) is 18.9. The Labute approximate surface area is 240 Å². The van der Waals surface area contributed by atoms with Crippen molar-refractivity contribution in [2.45, 2.75) is 78.7 Å². The number of isocyanates is 5. The lowest BCUT2D eigenvalue weighted by molar-refractivity contribution is 0.0915. The number of aliphatic imine (C=N–C) groups is 5. The molecule has 0 N–H and O–H groups in total. The molecular weight excluding hydrogens is 528 g/mol. The highest BCUT2D eigenvalue weighted by molar-refractivity contribution is 5.61. The SMILES string of the molecule is CC1(C)CC(N=C=O)CC(C)(CN=C=O)C1.Cc1ccc(N=C=O)cc1N=C=O.N#COCCCCCCN=C=O. The molecule has 1 saturated carbocycles. The molecule has 2 atom stereocenters. The van der Waals surface area contributed by atoms with E-state index in [1.165, 1.54) is 24.3 Å². The van der Waals surface area contributed by atoms with Crippen molar-refractivity contribution in [2.75, 3.05) is 19.7 Å². The molecule has 41 heavy (non-hydrogen) atoms. The van der Waals surface area contributed by atoms with Crippen LogP contribution in [0.1, 0.15) is 71.3 Å². The molecule has 1 aromatic rings. The number of hydrogen-bond acceptors (Lipinski definition) is 12. The van der Waals surface area contributed by atoms with Gasteiger partial charge in [-0.05, 0) is 74.0 Å². The molecule has 0 saturated heterocycles. The van der Waals surface area contributed by atoms with Gasteiger partial charge in [-0.25, -0.2) is 38.9 Å². The summed E-state index contributed by atoms with van der Waals surface area (Å²) in [6.07, 6.45) is 15.6. The average Bonchev–Trinajstić information content (AvgIpc) is 2.91. The summed E-state index contributed by atoms with van der Waals surface area (Å²) in [4.78, 5) is 67.9. The molecule has 12 nitrogen and oxygen atoms in total. The smallest absolute Gasteiger partial charge is 0.286 e. The van der Waals surface area contributed by atoms with Gasteiger partial charge in [0.25, 0.3) is 6.26 Å². The molecule has 12 heteroatoms. The van der Waals surface area contributed by atoms with Gasteiger partial charge < -0.3 is 4.74 Å². The number of carbonyl (C=O) groups excluding carboxylic acids is 5. The molecule has 0 aliphatic heterocycles. The van der Waals surface area contributed by atoms with E-state index in [0.29, 0.717) is 31.1 Å². The minimum Gasteiger partial charge on any atom is -0.428 e. The number of hydrogen-bond donors (Lipinski definition) is 0. The zero-order valence-corrected chi connectivity index (χ0v) is 24.0. The summed E-state index contributed by atoms with van der Waals surface area (Å²) < 4.78 is 4.48. The van der Waals surface area contributed by atoms with Crippen molar-refractivity contribution in [3.63, 3.8) is 0 Å². The van der Waals surface area contributed by atoms with Crippen LogP contribution in [0.25, 0.3) is 0 Å². The minimum atomic E-state index is -0.0653. The second-order valence-corrected chi connectivity index (χ2v) is 10.5. The van der Waals surface area contributed by atoms with E-state index >= 15 is 0 Å². The van der Waals surface area contributed by atoms with E-state index in [4.69, 9.17) is 5.26 Å². The van der Waals surface area contributed by atoms with Crippen LogP contribution in [0.3, 0.4) is 0 Å². The third kappa shape index (κ3) is 17.6. The molecule has 0 amide bonds. The third-order valence-corrected chi connectivity index (χ3v) is 6.11. The van der Waals surface area contributed by atoms with Crippen LogP contribution in [0.2, 0.25) is 0 Å². The van der Waals surface area contributed by atoms with Gasteiger partial charge in [0.2, 0.25) is 30.4 Å². The van der Waals surface area contributed by atoms with Crippen molar-refractivity contribution in [3.8, 4) is 6.26 Å². The van der Waals surface area contributed by atoms with Crippen LogP contribution >= 0.6 is 0 Å². The van der Waals surface area contributed by atoms with E-state index in [2.05, 4.69) is 50.5 Å². The molecule has 0 heterocycles. The first-order valence-corrected chi connectivity index (χ1v) is 13.0. The van der Waals surface area contributed by atoms with Crippen molar-refractivity contribution in [2.24, 2.45) is 35.8 Å². The van der Waals surface area contributed by atoms with Gasteiger partial charge in [-0.2, -0.15) is 15.2 Å². The first-order chi connectivity index (χ1) is 19.6. The maximum atomic E-state index is 10.3. The number of rotatable bonds is 12. The molecule has 2 unspecified atom stereocenters. The molecule has 218 valence electrons. The number of ether oxygens (including phenoxy) is 1. The van der Waals surface area contributed by atoms with Gasteiger partial charge in [-0.3, -0.25) is 0 Å². The Balaban J connectivity index is 0.000000593. The van der Waals surface area contributed by atoms with E-state index in [1.807, 2.05) is 0 Å². The molecule has 1 aliphatic carbocycles. The van der Waals surface area contributed by atoms with Crippen LogP contribution in [0.15, 0.2) is 43.2 Å². The number of aryl methyl sites for hydroxylation is 1. The van der Waals surface area contributed by atoms with Gasteiger partial charge >= 0.3 is 0 Å². The quantitative estimate of drug-likeness (QED) is 0.138. The maximum absolute atomic E-state index is 10.3. The van der Waals surface area contributed by atoms with Gasteiger partial charge in [-0.15, -0.1) is 0 Å². The standard InChI is InChI=1S/C12H18N2O2.C9H6N2O2.C8H12N2O2/c1-11(2)4-10(14-9-16)5-12(3,6-11)7-13-8-15;1-7-2-3-8(10-5-12)4-9(7)11-6-13;9-7-12-6-4-2-1-3-5-10-8-11/h10H,4-7H2,1-3H3;2-4H,1H3;1-6H2. The van der Waals surface area contributed by atoms with Crippen LogP contribution in [0.4, 0.5) is 11.4 Å². The van der Waals surface area contributed by atoms with E-state index in [9.17, 15) is 24.0 Å². The Morgan fingerprint density at radius 2 is 1.56 bits per heavy atom. The first kappa shape index (κ1) is 36.4. The molecule has 0 aromatic heterocycles. The summed E-state index contributed by atoms with van der Waals surface area (Å²) >= 11 is 0. The van der Waals surface area contributed by atoms with Crippen LogP contribution in [-0.4, -0.2) is 56.1 Å². The van der Waals surface area contributed by atoms with Crippen molar-refractivity contribution in [1.82, 2.24) is 0 Å². The molecule has 1 aliphatic rings. The molecule has 0 spiro atoms. The molecule has 0 radical (unpaired) electrons. The van der Waals surface area contributed by atoms with Crippen molar-refractivity contribution < 1.29 is 28.7 Å². The van der Waals surface area contributed by atoms with Crippen LogP contribution in [0.5, 0.6) is 0 Å². The summed E-state index contributed by atoms with van der Waals surface area (Å²) in [6.45, 7) is 9.71. The topological polar surface area (TPSA) is 180 Å². The zero-order valence-electron chi connectivity index (χ0n) is 24.0. The first-order valence-electron chi connectivity index (χ1n) is 13.0. The minimum absolute atomic E-state index is 0.00750. The van der Waals surface area contributed by atoms with Crippen molar-refractivity contribution in [3.05, 3.63) is 23.8 Å². The lowest BCUT2D eigenvalue weighted by Gasteiger charge is -2.44. The van der Waals surface area contributed by atoms with E-state index in [-0.39, 0.29) is 16.9 Å². The van der Waals surface area contributed by atoms with Gasteiger partial charge in [0.15, 0.2) is 0 Å². The molecule has 0 bridgehead atoms. The highest BCUT2D eigenvalue weighted by Gasteiger charge is 2.41. The van der Waals surface area contributed by atoms with Crippen molar-refractivity contribution >= 4 is 41.8 Å². The Hall–Kier alpha value is -4.59. The van der Waals surface area contributed by atoms with E-state index < -0.39 is 0 Å². The zero-order chi connectivity index (χ0) is 31.0. The highest BCUT2D eigenvalue weighted by atomic mass is 16.5. The summed E-state index contributed by atoms with van der Waals surface area (Å²) in [7, 11) is 0. The van der Waals surface area contributed by atoms with Gasteiger partial charge in [0.1, 0.15) is 6.61 Å². The number of unbranched alkanes of at least 4 members (excludes halogenated alkanes) is 3. The molecule has 1 aromatic carbocycles. The molecule has 1 fully saturated rings. The largest absolute Gasteiger partial charge is 0.428 e. The normalized spacial score (nSPS) is 17.7. The highest BCUT2D eigenvalue weighted by Crippen LogP contribution is 2.47. The fraction of sp³-hybridized carbons (Fsp3) is 0.586. The number of nitrogens with zero attached hydrogens (tertiary/aromatic N) is 6. The van der Waals surface area contributed by atoms with Gasteiger partial charge in [0, 0.05) is 0 Å². The van der Waals surface area contributed by atoms with Gasteiger partial charge in [-0.1, -0.05) is 33.3 Å². The lowest BCUT2D eigenvalue weighted by Crippen LogP contribution is -2.39. The predicted octanol–water partition coefficient (Wildman–Crippen LogP) is 5.55. The van der Waals surface area contributed by atoms with E-state index in [1.54, 1.807) is 37.5 Å². The summed E-state index contributed by atoms with van der Waals surface area (Å²) in [5, 5.41) is 8.01. The Bertz CT molecular complexity index is 1240. The second-order valence-electron chi connectivity index (χ2n) is 10.5. The van der Waals surface area contributed by atoms with Crippen LogP contribution < -0.4 is 0 Å². The summed E-state index contributed by atoms with van der Waals surface area (Å²) in [5.74, 6) is 0.